The van der Waals surface area contributed by atoms with E-state index in [1.54, 1.807) is 7.05 Å². The number of aliphatic imine (C=N–C) groups is 1. The van der Waals surface area contributed by atoms with Gasteiger partial charge in [0.05, 0.1) is 12.8 Å². The van der Waals surface area contributed by atoms with E-state index in [2.05, 4.69) is 52.8 Å². The molecule has 0 bridgehead atoms. The highest BCUT2D eigenvalue weighted by atomic mass is 127. The lowest BCUT2D eigenvalue weighted by molar-refractivity contribution is 0.303. The van der Waals surface area contributed by atoms with Gasteiger partial charge in [-0.2, -0.15) is 5.10 Å². The first-order valence-electron chi connectivity index (χ1n) is 9.76. The second-order valence-corrected chi connectivity index (χ2v) is 6.79. The smallest absolute Gasteiger partial charge is 0.191 e. The molecular formula is C21H34IN5O. The number of halogens is 1. The van der Waals surface area contributed by atoms with Crippen LogP contribution in [-0.4, -0.2) is 35.9 Å². The van der Waals surface area contributed by atoms with Crippen LogP contribution in [0.25, 0.3) is 0 Å². The molecule has 2 aromatic rings. The number of nitrogens with zero attached hydrogens (tertiary/aromatic N) is 3. The predicted octanol–water partition coefficient (Wildman–Crippen LogP) is 3.82. The third-order valence-electron chi connectivity index (χ3n) is 4.36. The summed E-state index contributed by atoms with van der Waals surface area (Å²) in [5, 5.41) is 10.9. The third-order valence-corrected chi connectivity index (χ3v) is 4.36. The monoisotopic (exact) mass is 499 g/mol. The molecule has 156 valence electrons. The van der Waals surface area contributed by atoms with Gasteiger partial charge in [-0.1, -0.05) is 31.9 Å². The molecule has 0 aliphatic rings. The first kappa shape index (κ1) is 24.3. The molecule has 0 fully saturated rings. The number of aryl methyl sites for hydroxylation is 2. The van der Waals surface area contributed by atoms with E-state index in [0.717, 1.165) is 43.3 Å². The molecule has 0 atom stereocenters. The van der Waals surface area contributed by atoms with Crippen LogP contribution in [0.3, 0.4) is 0 Å². The molecular weight excluding hydrogens is 465 g/mol. The normalized spacial score (nSPS) is 11.1. The van der Waals surface area contributed by atoms with Crippen LogP contribution in [0.5, 0.6) is 5.75 Å². The predicted molar refractivity (Wildman–Crippen MR) is 127 cm³/mol. The topological polar surface area (TPSA) is 63.5 Å². The summed E-state index contributed by atoms with van der Waals surface area (Å²) in [6.45, 7) is 6.54. The van der Waals surface area contributed by atoms with E-state index in [9.17, 15) is 0 Å². The summed E-state index contributed by atoms with van der Waals surface area (Å²) in [7, 11) is 3.72. The Hall–Kier alpha value is -1.77. The number of nitrogens with one attached hydrogen (secondary N) is 2. The van der Waals surface area contributed by atoms with Gasteiger partial charge in [0.25, 0.3) is 0 Å². The molecule has 0 saturated heterocycles. The Morgan fingerprint density at radius 1 is 1.25 bits per heavy atom. The molecule has 0 saturated carbocycles. The number of aromatic nitrogens is 2. The summed E-state index contributed by atoms with van der Waals surface area (Å²) in [5.74, 6) is 1.75. The second kappa shape index (κ2) is 13.4. The number of rotatable bonds is 10. The SMILES string of the molecule is CCCCCOc1cc(C)ccc1CNC(=NC)NCCc1cnn(C)c1.I. The minimum absolute atomic E-state index is 0. The lowest BCUT2D eigenvalue weighted by Crippen LogP contribution is -2.37. The van der Waals surface area contributed by atoms with Crippen molar-refractivity contribution in [3.8, 4) is 5.75 Å². The maximum Gasteiger partial charge on any atom is 0.191 e. The number of hydrogen-bond acceptors (Lipinski definition) is 3. The van der Waals surface area contributed by atoms with Crippen LogP contribution in [0.15, 0.2) is 35.6 Å². The van der Waals surface area contributed by atoms with Gasteiger partial charge in [0.2, 0.25) is 0 Å². The van der Waals surface area contributed by atoms with Crippen LogP contribution in [-0.2, 0) is 20.0 Å². The van der Waals surface area contributed by atoms with Gasteiger partial charge in [-0.05, 0) is 37.0 Å². The van der Waals surface area contributed by atoms with Crippen molar-refractivity contribution in [2.75, 3.05) is 20.2 Å². The highest BCUT2D eigenvalue weighted by Gasteiger charge is 2.06. The zero-order valence-electron chi connectivity index (χ0n) is 17.5. The van der Waals surface area contributed by atoms with E-state index in [-0.39, 0.29) is 24.0 Å². The number of ether oxygens (including phenoxy) is 1. The molecule has 0 unspecified atom stereocenters. The zero-order chi connectivity index (χ0) is 19.5. The van der Waals surface area contributed by atoms with Gasteiger partial charge < -0.3 is 15.4 Å². The second-order valence-electron chi connectivity index (χ2n) is 6.79. The molecule has 0 spiro atoms. The molecule has 0 radical (unpaired) electrons. The lowest BCUT2D eigenvalue weighted by atomic mass is 10.1. The van der Waals surface area contributed by atoms with Gasteiger partial charge in [-0.25, -0.2) is 0 Å². The van der Waals surface area contributed by atoms with Crippen molar-refractivity contribution in [3.05, 3.63) is 47.3 Å². The Kier molecular flexibility index (Phi) is 11.6. The fourth-order valence-corrected chi connectivity index (χ4v) is 2.80. The molecule has 1 aromatic carbocycles. The van der Waals surface area contributed by atoms with Gasteiger partial charge in [0.15, 0.2) is 5.96 Å². The van der Waals surface area contributed by atoms with Crippen molar-refractivity contribution in [2.45, 2.75) is 46.1 Å². The van der Waals surface area contributed by atoms with Gasteiger partial charge in [0, 0.05) is 38.9 Å². The summed E-state index contributed by atoms with van der Waals surface area (Å²) in [6, 6.07) is 6.36. The highest BCUT2D eigenvalue weighted by molar-refractivity contribution is 14.0. The number of unbranched alkanes of at least 4 members (excludes halogenated alkanes) is 2. The Bertz CT molecular complexity index is 729. The Morgan fingerprint density at radius 2 is 2.07 bits per heavy atom. The molecule has 6 nitrogen and oxygen atoms in total. The molecule has 2 rings (SSSR count). The van der Waals surface area contributed by atoms with E-state index >= 15 is 0 Å². The van der Waals surface area contributed by atoms with Gasteiger partial charge >= 0.3 is 0 Å². The lowest BCUT2D eigenvalue weighted by Gasteiger charge is -2.15. The maximum atomic E-state index is 6.02. The van der Waals surface area contributed by atoms with Crippen molar-refractivity contribution in [1.82, 2.24) is 20.4 Å². The number of guanidine groups is 1. The fourth-order valence-electron chi connectivity index (χ4n) is 2.80. The molecule has 2 N–H and O–H groups in total. The highest BCUT2D eigenvalue weighted by Crippen LogP contribution is 2.20. The van der Waals surface area contributed by atoms with Crippen LogP contribution in [0, 0.1) is 6.92 Å². The molecule has 28 heavy (non-hydrogen) atoms. The Labute approximate surface area is 186 Å². The standard InChI is InChI=1S/C21H33N5O.HI/c1-5-6-7-12-27-20-13-17(2)8-9-19(20)15-24-21(22-3)23-11-10-18-14-25-26(4)16-18;/h8-9,13-14,16H,5-7,10-12,15H2,1-4H3,(H2,22,23,24);1H. The summed E-state index contributed by atoms with van der Waals surface area (Å²) in [4.78, 5) is 4.31. The summed E-state index contributed by atoms with van der Waals surface area (Å²) >= 11 is 0. The van der Waals surface area contributed by atoms with Crippen LogP contribution in [0.4, 0.5) is 0 Å². The molecule has 0 aliphatic heterocycles. The van der Waals surface area contributed by atoms with E-state index in [4.69, 9.17) is 4.74 Å². The van der Waals surface area contributed by atoms with Crippen molar-refractivity contribution >= 4 is 29.9 Å². The van der Waals surface area contributed by atoms with Crippen molar-refractivity contribution < 1.29 is 4.74 Å². The van der Waals surface area contributed by atoms with Gasteiger partial charge in [-0.3, -0.25) is 9.67 Å². The molecule has 0 amide bonds. The summed E-state index contributed by atoms with van der Waals surface area (Å²) in [5.41, 5.74) is 3.57. The van der Waals surface area contributed by atoms with Gasteiger partial charge in [-0.15, -0.1) is 24.0 Å². The average Bonchev–Trinajstić information content (AvgIpc) is 3.08. The Morgan fingerprint density at radius 3 is 2.75 bits per heavy atom. The van der Waals surface area contributed by atoms with E-state index in [1.807, 2.05) is 24.1 Å². The first-order chi connectivity index (χ1) is 13.1. The average molecular weight is 499 g/mol. The Balaban J connectivity index is 0.00000392. The minimum atomic E-state index is 0. The van der Waals surface area contributed by atoms with E-state index in [1.165, 1.54) is 24.0 Å². The quantitative estimate of drug-likeness (QED) is 0.226. The van der Waals surface area contributed by atoms with Crippen LogP contribution in [0.1, 0.15) is 42.9 Å². The van der Waals surface area contributed by atoms with Crippen LogP contribution >= 0.6 is 24.0 Å². The number of hydrogen-bond donors (Lipinski definition) is 2. The van der Waals surface area contributed by atoms with Crippen molar-refractivity contribution in [3.63, 3.8) is 0 Å². The third kappa shape index (κ3) is 8.50. The van der Waals surface area contributed by atoms with E-state index < -0.39 is 0 Å². The maximum absolute atomic E-state index is 6.02. The van der Waals surface area contributed by atoms with Crippen LogP contribution < -0.4 is 15.4 Å². The molecule has 0 aliphatic carbocycles. The van der Waals surface area contributed by atoms with Crippen molar-refractivity contribution in [2.24, 2.45) is 12.0 Å². The van der Waals surface area contributed by atoms with E-state index in [0.29, 0.717) is 6.54 Å². The van der Waals surface area contributed by atoms with Crippen LogP contribution in [0.2, 0.25) is 0 Å². The first-order valence-corrected chi connectivity index (χ1v) is 9.76. The number of benzene rings is 1. The fraction of sp³-hybridized carbons (Fsp3) is 0.524. The largest absolute Gasteiger partial charge is 0.493 e. The van der Waals surface area contributed by atoms with Crippen molar-refractivity contribution in [1.29, 1.82) is 0 Å². The zero-order valence-corrected chi connectivity index (χ0v) is 19.8. The summed E-state index contributed by atoms with van der Waals surface area (Å²) in [6.07, 6.45) is 8.33. The molecule has 1 aromatic heterocycles. The molecule has 1 heterocycles. The minimum Gasteiger partial charge on any atom is -0.493 e. The summed E-state index contributed by atoms with van der Waals surface area (Å²) < 4.78 is 7.84. The molecule has 7 heteroatoms. The van der Waals surface area contributed by atoms with Gasteiger partial charge in [0.1, 0.15) is 5.75 Å².